The molecule has 86 valence electrons. The SMILES string of the molecule is CC1(C)C(/C=C(\Br)C(F)(F)F)C1C(=O)Cl. The maximum atomic E-state index is 12.2. The minimum Gasteiger partial charge on any atom is -0.281 e. The van der Waals surface area contributed by atoms with Crippen LogP contribution in [-0.2, 0) is 4.79 Å². The van der Waals surface area contributed by atoms with E-state index in [-0.39, 0.29) is 0 Å². The molecule has 0 N–H and O–H groups in total. The Morgan fingerprint density at radius 3 is 2.20 bits per heavy atom. The van der Waals surface area contributed by atoms with Gasteiger partial charge in [-0.25, -0.2) is 0 Å². The van der Waals surface area contributed by atoms with Gasteiger partial charge in [-0.1, -0.05) is 19.9 Å². The summed E-state index contributed by atoms with van der Waals surface area (Å²) in [6.45, 7) is 3.44. The number of allylic oxidation sites excluding steroid dienone is 2. The van der Waals surface area contributed by atoms with Crippen molar-refractivity contribution in [2.75, 3.05) is 0 Å². The predicted molar refractivity (Wildman–Crippen MR) is 54.7 cm³/mol. The molecule has 0 aromatic rings. The normalized spacial score (nSPS) is 30.2. The van der Waals surface area contributed by atoms with E-state index >= 15 is 0 Å². The van der Waals surface area contributed by atoms with Gasteiger partial charge in [0.1, 0.15) is 0 Å². The van der Waals surface area contributed by atoms with Crippen molar-refractivity contribution in [3.8, 4) is 0 Å². The molecule has 0 heterocycles. The van der Waals surface area contributed by atoms with Crippen LogP contribution in [0, 0.1) is 17.3 Å². The summed E-state index contributed by atoms with van der Waals surface area (Å²) in [5, 5.41) is -0.580. The van der Waals surface area contributed by atoms with Crippen LogP contribution in [0.15, 0.2) is 10.6 Å². The van der Waals surface area contributed by atoms with Crippen molar-refractivity contribution in [2.24, 2.45) is 17.3 Å². The Bertz CT molecular complexity index is 322. The molecule has 1 fully saturated rings. The monoisotopic (exact) mass is 304 g/mol. The topological polar surface area (TPSA) is 17.1 Å². The summed E-state index contributed by atoms with van der Waals surface area (Å²) < 4.78 is 35.7. The second-order valence-electron chi connectivity index (χ2n) is 4.14. The molecule has 0 radical (unpaired) electrons. The number of carbonyl (C=O) groups is 1. The number of hydrogen-bond acceptors (Lipinski definition) is 1. The van der Waals surface area contributed by atoms with Crippen LogP contribution in [0.4, 0.5) is 13.2 Å². The van der Waals surface area contributed by atoms with Gasteiger partial charge in [0.2, 0.25) is 5.24 Å². The summed E-state index contributed by atoms with van der Waals surface area (Å²) in [7, 11) is 0. The van der Waals surface area contributed by atoms with Crippen molar-refractivity contribution >= 4 is 32.8 Å². The Balaban J connectivity index is 2.83. The van der Waals surface area contributed by atoms with E-state index in [0.717, 1.165) is 6.08 Å². The van der Waals surface area contributed by atoms with Gasteiger partial charge in [0, 0.05) is 5.92 Å². The highest BCUT2D eigenvalue weighted by molar-refractivity contribution is 9.11. The van der Waals surface area contributed by atoms with Crippen LogP contribution in [0.5, 0.6) is 0 Å². The lowest BCUT2D eigenvalue weighted by Gasteiger charge is -2.04. The van der Waals surface area contributed by atoms with Crippen LogP contribution in [0.25, 0.3) is 0 Å². The molecule has 0 bridgehead atoms. The van der Waals surface area contributed by atoms with Gasteiger partial charge in [0.25, 0.3) is 0 Å². The molecular formula is C9H9BrClF3O. The Labute approximate surface area is 98.8 Å². The molecule has 2 atom stereocenters. The fourth-order valence-corrected chi connectivity index (χ4v) is 2.38. The molecule has 1 aliphatic carbocycles. The van der Waals surface area contributed by atoms with E-state index in [1.165, 1.54) is 0 Å². The molecule has 0 aromatic carbocycles. The summed E-state index contributed by atoms with van der Waals surface area (Å²) in [4.78, 5) is 10.9. The van der Waals surface area contributed by atoms with Crippen LogP contribution >= 0.6 is 27.5 Å². The van der Waals surface area contributed by atoms with Crippen molar-refractivity contribution in [3.05, 3.63) is 10.6 Å². The number of carbonyl (C=O) groups excluding carboxylic acids is 1. The lowest BCUT2D eigenvalue weighted by molar-refractivity contribution is -0.113. The first-order valence-corrected chi connectivity index (χ1v) is 5.39. The van der Waals surface area contributed by atoms with Gasteiger partial charge in [0.15, 0.2) is 0 Å². The first-order chi connectivity index (χ1) is 6.58. The summed E-state index contributed by atoms with van der Waals surface area (Å²) in [5.74, 6) is -0.965. The van der Waals surface area contributed by atoms with Crippen molar-refractivity contribution in [1.82, 2.24) is 0 Å². The maximum absolute atomic E-state index is 12.2. The zero-order chi connectivity index (χ0) is 12.0. The van der Waals surface area contributed by atoms with Gasteiger partial charge >= 0.3 is 6.18 Å². The van der Waals surface area contributed by atoms with E-state index in [1.807, 2.05) is 0 Å². The lowest BCUT2D eigenvalue weighted by Crippen LogP contribution is -2.07. The van der Waals surface area contributed by atoms with Gasteiger partial charge in [-0.05, 0) is 38.9 Å². The number of halogens is 5. The summed E-state index contributed by atoms with van der Waals surface area (Å²) in [5.41, 5.74) is -0.483. The Morgan fingerprint density at radius 1 is 1.47 bits per heavy atom. The Morgan fingerprint density at radius 2 is 1.93 bits per heavy atom. The molecule has 1 saturated carbocycles. The fraction of sp³-hybridized carbons (Fsp3) is 0.667. The predicted octanol–water partition coefficient (Wildman–Crippen LogP) is 3.87. The number of alkyl halides is 3. The van der Waals surface area contributed by atoms with E-state index in [9.17, 15) is 18.0 Å². The minimum absolute atomic E-state index is 0.446. The first kappa shape index (κ1) is 13.0. The van der Waals surface area contributed by atoms with Crippen molar-refractivity contribution < 1.29 is 18.0 Å². The molecule has 6 heteroatoms. The van der Waals surface area contributed by atoms with E-state index < -0.39 is 33.2 Å². The van der Waals surface area contributed by atoms with E-state index in [0.29, 0.717) is 0 Å². The Kier molecular flexibility index (Phi) is 3.28. The van der Waals surface area contributed by atoms with Gasteiger partial charge in [-0.2, -0.15) is 13.2 Å². The average Bonchev–Trinajstić information content (AvgIpc) is 2.50. The molecular weight excluding hydrogens is 296 g/mol. The molecule has 15 heavy (non-hydrogen) atoms. The van der Waals surface area contributed by atoms with E-state index in [4.69, 9.17) is 11.6 Å². The summed E-state index contributed by atoms with van der Waals surface area (Å²) >= 11 is 7.74. The van der Waals surface area contributed by atoms with Crippen molar-refractivity contribution in [2.45, 2.75) is 20.0 Å². The standard InChI is InChI=1S/C9H9BrClF3O/c1-8(2)4(6(8)7(11)15)3-5(10)9(12,13)14/h3-4,6H,1-2H3/b5-3-. The highest BCUT2D eigenvalue weighted by Crippen LogP contribution is 2.60. The number of rotatable bonds is 2. The average molecular weight is 306 g/mol. The molecule has 0 aliphatic heterocycles. The van der Waals surface area contributed by atoms with Crippen LogP contribution in [0.1, 0.15) is 13.8 Å². The zero-order valence-electron chi connectivity index (χ0n) is 8.03. The third-order valence-corrected chi connectivity index (χ3v) is 3.70. The molecule has 1 nitrogen and oxygen atoms in total. The minimum atomic E-state index is -4.40. The van der Waals surface area contributed by atoms with Gasteiger partial charge in [-0.3, -0.25) is 4.79 Å². The molecule has 0 spiro atoms. The van der Waals surface area contributed by atoms with Gasteiger partial charge in [0.05, 0.1) is 4.48 Å². The van der Waals surface area contributed by atoms with Crippen molar-refractivity contribution in [3.63, 3.8) is 0 Å². The third kappa shape index (κ3) is 2.56. The summed E-state index contributed by atoms with van der Waals surface area (Å²) in [6, 6.07) is 0. The smallest absolute Gasteiger partial charge is 0.281 e. The maximum Gasteiger partial charge on any atom is 0.422 e. The quantitative estimate of drug-likeness (QED) is 0.708. The highest BCUT2D eigenvalue weighted by Gasteiger charge is 2.60. The van der Waals surface area contributed by atoms with Gasteiger partial charge < -0.3 is 0 Å². The third-order valence-electron chi connectivity index (χ3n) is 2.75. The zero-order valence-corrected chi connectivity index (χ0v) is 10.4. The largest absolute Gasteiger partial charge is 0.422 e. The van der Waals surface area contributed by atoms with Crippen LogP contribution in [0.3, 0.4) is 0 Å². The molecule has 1 rings (SSSR count). The second-order valence-corrected chi connectivity index (χ2v) is 5.37. The van der Waals surface area contributed by atoms with E-state index in [1.54, 1.807) is 13.8 Å². The second kappa shape index (κ2) is 3.77. The van der Waals surface area contributed by atoms with Crippen LogP contribution in [-0.4, -0.2) is 11.4 Å². The molecule has 2 unspecified atom stereocenters. The molecule has 0 saturated heterocycles. The summed E-state index contributed by atoms with van der Waals surface area (Å²) in [6.07, 6.45) is -3.39. The molecule has 0 aromatic heterocycles. The van der Waals surface area contributed by atoms with E-state index in [2.05, 4.69) is 15.9 Å². The molecule has 1 aliphatic rings. The highest BCUT2D eigenvalue weighted by atomic mass is 79.9. The fourth-order valence-electron chi connectivity index (χ4n) is 1.67. The van der Waals surface area contributed by atoms with Gasteiger partial charge in [-0.15, -0.1) is 0 Å². The van der Waals surface area contributed by atoms with Crippen LogP contribution < -0.4 is 0 Å². The molecule has 0 amide bonds. The Hall–Kier alpha value is -0.0300. The number of hydrogen-bond donors (Lipinski definition) is 0. The van der Waals surface area contributed by atoms with Crippen LogP contribution in [0.2, 0.25) is 0 Å². The lowest BCUT2D eigenvalue weighted by atomic mass is 10.1. The first-order valence-electron chi connectivity index (χ1n) is 4.22. The van der Waals surface area contributed by atoms with Crippen molar-refractivity contribution in [1.29, 1.82) is 0 Å².